The largest absolute Gasteiger partial charge is 0.465 e. The van der Waals surface area contributed by atoms with Crippen molar-refractivity contribution in [2.75, 3.05) is 32.8 Å². The second-order valence-corrected chi connectivity index (χ2v) is 18.8. The van der Waals surface area contributed by atoms with Gasteiger partial charge in [-0.05, 0) is 113 Å². The predicted octanol–water partition coefficient (Wildman–Crippen LogP) is 12.9. The Morgan fingerprint density at radius 2 is 0.836 bits per heavy atom. The number of nitrogens with zero attached hydrogens (tertiary/aromatic N) is 1. The molecule has 7 nitrogen and oxygen atoms in total. The molecule has 1 fully saturated rings. The summed E-state index contributed by atoms with van der Waals surface area (Å²) >= 11 is 0. The zero-order chi connectivity index (χ0) is 40.7. The first kappa shape index (κ1) is 51.4. The van der Waals surface area contributed by atoms with Gasteiger partial charge in [0.15, 0.2) is 0 Å². The highest BCUT2D eigenvalue weighted by atomic mass is 16.5. The number of hydrogen-bond donors (Lipinski definition) is 0. The van der Waals surface area contributed by atoms with Crippen molar-refractivity contribution in [1.82, 2.24) is 4.90 Å². The molecule has 324 valence electrons. The molecule has 0 spiro atoms. The SMILES string of the molecule is CC(C)CCC(COC(=O)CCCCCCCCCC(CCCCCCCCCC(=O)OCC(CCC(C)C)C(C)C)OC(=O)CN1CCCCC1)C(C)C. The lowest BCUT2D eigenvalue weighted by Gasteiger charge is -2.26. The fourth-order valence-electron chi connectivity index (χ4n) is 7.69. The van der Waals surface area contributed by atoms with Crippen molar-refractivity contribution in [3.8, 4) is 0 Å². The van der Waals surface area contributed by atoms with E-state index in [-0.39, 0.29) is 24.0 Å². The maximum Gasteiger partial charge on any atom is 0.320 e. The molecule has 1 rings (SSSR count). The normalized spacial score (nSPS) is 15.5. The van der Waals surface area contributed by atoms with Crippen molar-refractivity contribution < 1.29 is 28.6 Å². The van der Waals surface area contributed by atoms with Crippen LogP contribution in [0.1, 0.15) is 216 Å². The summed E-state index contributed by atoms with van der Waals surface area (Å²) in [5.74, 6) is 3.26. The molecular formula is C48H91NO6. The van der Waals surface area contributed by atoms with Crippen LogP contribution in [0.3, 0.4) is 0 Å². The molecule has 55 heavy (non-hydrogen) atoms. The van der Waals surface area contributed by atoms with Crippen LogP contribution in [0.4, 0.5) is 0 Å². The summed E-state index contributed by atoms with van der Waals surface area (Å²) in [4.78, 5) is 39.8. The van der Waals surface area contributed by atoms with E-state index in [0.29, 0.717) is 68.1 Å². The van der Waals surface area contributed by atoms with Gasteiger partial charge in [0.2, 0.25) is 0 Å². The summed E-state index contributed by atoms with van der Waals surface area (Å²) in [6.45, 7) is 21.5. The molecule has 1 saturated heterocycles. The molecule has 0 aromatic rings. The Balaban J connectivity index is 2.24. The van der Waals surface area contributed by atoms with E-state index in [1.165, 1.54) is 70.6 Å². The lowest BCUT2D eigenvalue weighted by molar-refractivity contribution is -0.151. The summed E-state index contributed by atoms with van der Waals surface area (Å²) in [5, 5.41) is 0. The van der Waals surface area contributed by atoms with E-state index in [2.05, 4.69) is 60.3 Å². The molecule has 0 aromatic heterocycles. The fourth-order valence-corrected chi connectivity index (χ4v) is 7.69. The Hall–Kier alpha value is -1.63. The Kier molecular flexibility index (Phi) is 31.2. The first-order chi connectivity index (χ1) is 26.4. The van der Waals surface area contributed by atoms with E-state index in [1.807, 2.05) is 0 Å². The van der Waals surface area contributed by atoms with E-state index in [4.69, 9.17) is 14.2 Å². The zero-order valence-electron chi connectivity index (χ0n) is 37.7. The van der Waals surface area contributed by atoms with Gasteiger partial charge in [-0.25, -0.2) is 0 Å². The second-order valence-electron chi connectivity index (χ2n) is 18.8. The number of rotatable bonds is 35. The van der Waals surface area contributed by atoms with Crippen LogP contribution in [-0.4, -0.2) is 61.8 Å². The number of carbonyl (C=O) groups excluding carboxylic acids is 3. The van der Waals surface area contributed by atoms with E-state index in [9.17, 15) is 14.4 Å². The van der Waals surface area contributed by atoms with Gasteiger partial charge in [0, 0.05) is 12.8 Å². The molecule has 7 heteroatoms. The number of piperidine rings is 1. The highest BCUT2D eigenvalue weighted by molar-refractivity contribution is 5.72. The molecule has 0 bridgehead atoms. The third kappa shape index (κ3) is 30.2. The number of unbranched alkanes of at least 4 members (excludes halogenated alkanes) is 12. The first-order valence-electron chi connectivity index (χ1n) is 23.6. The second kappa shape index (κ2) is 33.4. The van der Waals surface area contributed by atoms with E-state index < -0.39 is 0 Å². The highest BCUT2D eigenvalue weighted by Gasteiger charge is 2.20. The monoisotopic (exact) mass is 778 g/mol. The van der Waals surface area contributed by atoms with Gasteiger partial charge in [-0.3, -0.25) is 19.3 Å². The molecule has 1 aliphatic rings. The van der Waals surface area contributed by atoms with Crippen molar-refractivity contribution in [3.63, 3.8) is 0 Å². The van der Waals surface area contributed by atoms with E-state index in [1.54, 1.807) is 0 Å². The Labute approximate surface area is 340 Å². The van der Waals surface area contributed by atoms with Crippen LogP contribution < -0.4 is 0 Å². The predicted molar refractivity (Wildman–Crippen MR) is 230 cm³/mol. The van der Waals surface area contributed by atoms with E-state index in [0.717, 1.165) is 90.1 Å². The molecule has 0 aromatic carbocycles. The van der Waals surface area contributed by atoms with Crippen LogP contribution in [0.5, 0.6) is 0 Å². The molecule has 0 amide bonds. The number of ether oxygens (including phenoxy) is 3. The third-order valence-electron chi connectivity index (χ3n) is 11.9. The van der Waals surface area contributed by atoms with Gasteiger partial charge in [0.1, 0.15) is 6.10 Å². The average molecular weight is 778 g/mol. The molecule has 0 aliphatic carbocycles. The van der Waals surface area contributed by atoms with Gasteiger partial charge in [0.05, 0.1) is 19.8 Å². The number of carbonyl (C=O) groups is 3. The summed E-state index contributed by atoms with van der Waals surface area (Å²) in [5.41, 5.74) is 0. The quantitative estimate of drug-likeness (QED) is 0.0360. The van der Waals surface area contributed by atoms with Crippen molar-refractivity contribution in [1.29, 1.82) is 0 Å². The van der Waals surface area contributed by atoms with Crippen LogP contribution in [0.15, 0.2) is 0 Å². The molecule has 2 atom stereocenters. The average Bonchev–Trinajstić information content (AvgIpc) is 3.13. The zero-order valence-corrected chi connectivity index (χ0v) is 37.7. The lowest BCUT2D eigenvalue weighted by atomic mass is 9.89. The Morgan fingerprint density at radius 3 is 1.22 bits per heavy atom. The van der Waals surface area contributed by atoms with Crippen LogP contribution in [-0.2, 0) is 28.6 Å². The van der Waals surface area contributed by atoms with Crippen LogP contribution in [0.25, 0.3) is 0 Å². The minimum Gasteiger partial charge on any atom is -0.465 e. The fraction of sp³-hybridized carbons (Fsp3) is 0.938. The lowest BCUT2D eigenvalue weighted by Crippen LogP contribution is -2.36. The van der Waals surface area contributed by atoms with Crippen molar-refractivity contribution in [2.24, 2.45) is 35.5 Å². The van der Waals surface area contributed by atoms with Gasteiger partial charge < -0.3 is 14.2 Å². The van der Waals surface area contributed by atoms with E-state index >= 15 is 0 Å². The standard InChI is InChI=1S/C48H91NO6/c1-39(2)30-32-43(41(5)6)37-53-46(50)28-22-17-13-9-11-15-20-26-45(55-48(52)36-49-34-24-19-25-35-49)27-21-16-12-10-14-18-23-29-47(51)54-38-44(42(7)8)33-31-40(3)4/h39-45H,9-38H2,1-8H3. The molecule has 0 saturated carbocycles. The molecule has 1 aliphatic heterocycles. The van der Waals surface area contributed by atoms with Crippen molar-refractivity contribution in [2.45, 2.75) is 222 Å². The topological polar surface area (TPSA) is 82.1 Å². The van der Waals surface area contributed by atoms with Gasteiger partial charge in [0.25, 0.3) is 0 Å². The van der Waals surface area contributed by atoms with Crippen LogP contribution >= 0.6 is 0 Å². The molecular weight excluding hydrogens is 687 g/mol. The maximum atomic E-state index is 12.9. The summed E-state index contributed by atoms with van der Waals surface area (Å²) in [7, 11) is 0. The van der Waals surface area contributed by atoms with Crippen molar-refractivity contribution >= 4 is 17.9 Å². The Morgan fingerprint density at radius 1 is 0.455 bits per heavy atom. The van der Waals surface area contributed by atoms with Gasteiger partial charge in [-0.2, -0.15) is 0 Å². The summed E-state index contributed by atoms with van der Waals surface area (Å²) in [6.07, 6.45) is 26.9. The molecule has 2 unspecified atom stereocenters. The number of likely N-dealkylation sites (tertiary alicyclic amines) is 1. The minimum absolute atomic E-state index is 0.0237. The summed E-state index contributed by atoms with van der Waals surface area (Å²) in [6, 6.07) is 0. The number of esters is 3. The van der Waals surface area contributed by atoms with Gasteiger partial charge in [-0.1, -0.05) is 139 Å². The van der Waals surface area contributed by atoms with Crippen LogP contribution in [0, 0.1) is 35.5 Å². The first-order valence-corrected chi connectivity index (χ1v) is 23.6. The maximum absolute atomic E-state index is 12.9. The van der Waals surface area contributed by atoms with Gasteiger partial charge in [-0.15, -0.1) is 0 Å². The highest BCUT2D eigenvalue weighted by Crippen LogP contribution is 2.23. The summed E-state index contributed by atoms with van der Waals surface area (Å²) < 4.78 is 17.4. The molecule has 0 N–H and O–H groups in total. The molecule has 1 heterocycles. The van der Waals surface area contributed by atoms with Gasteiger partial charge >= 0.3 is 17.9 Å². The number of hydrogen-bond acceptors (Lipinski definition) is 7. The van der Waals surface area contributed by atoms with Crippen LogP contribution in [0.2, 0.25) is 0 Å². The minimum atomic E-state index is -0.0467. The third-order valence-corrected chi connectivity index (χ3v) is 11.9. The molecule has 0 radical (unpaired) electrons. The Bertz CT molecular complexity index is 885. The van der Waals surface area contributed by atoms with Crippen molar-refractivity contribution in [3.05, 3.63) is 0 Å². The smallest absolute Gasteiger partial charge is 0.320 e.